The fourth-order valence-electron chi connectivity index (χ4n) is 1.56. The van der Waals surface area contributed by atoms with E-state index in [0.717, 1.165) is 10.7 Å². The van der Waals surface area contributed by atoms with Crippen LogP contribution >= 0.6 is 11.3 Å². The quantitative estimate of drug-likeness (QED) is 0.935. The Labute approximate surface area is 116 Å². The van der Waals surface area contributed by atoms with Crippen molar-refractivity contribution in [2.75, 3.05) is 0 Å². The minimum Gasteiger partial charge on any atom is -0.344 e. The molecule has 0 fully saturated rings. The number of thiazole rings is 1. The van der Waals surface area contributed by atoms with E-state index in [-0.39, 0.29) is 11.3 Å². The molecule has 102 valence electrons. The lowest BCUT2D eigenvalue weighted by molar-refractivity contribution is 0.0942. The standard InChI is InChI=1S/C13H18N4OS/c1-13(2,3)10-7-19-11(16-10)6-15-12(18)9-5-14-8-17(9)4/h5,7-8H,6H2,1-4H3,(H,15,18). The van der Waals surface area contributed by atoms with Gasteiger partial charge in [-0.2, -0.15) is 0 Å². The van der Waals surface area contributed by atoms with Crippen LogP contribution in [0.25, 0.3) is 0 Å². The number of rotatable bonds is 3. The van der Waals surface area contributed by atoms with E-state index in [1.54, 1.807) is 35.5 Å². The van der Waals surface area contributed by atoms with E-state index >= 15 is 0 Å². The Hall–Kier alpha value is -1.69. The van der Waals surface area contributed by atoms with Gasteiger partial charge >= 0.3 is 0 Å². The average Bonchev–Trinajstić information content (AvgIpc) is 2.93. The normalized spacial score (nSPS) is 11.6. The number of aromatic nitrogens is 3. The smallest absolute Gasteiger partial charge is 0.269 e. The van der Waals surface area contributed by atoms with E-state index in [4.69, 9.17) is 0 Å². The molecule has 0 radical (unpaired) electrons. The lowest BCUT2D eigenvalue weighted by atomic mass is 9.93. The lowest BCUT2D eigenvalue weighted by Gasteiger charge is -2.14. The molecule has 0 aromatic carbocycles. The maximum atomic E-state index is 11.9. The molecular formula is C13H18N4OS. The zero-order chi connectivity index (χ0) is 14.0. The molecule has 0 bridgehead atoms. The minimum atomic E-state index is -0.132. The summed E-state index contributed by atoms with van der Waals surface area (Å²) in [6, 6.07) is 0. The molecule has 0 aliphatic carbocycles. The number of carbonyl (C=O) groups is 1. The first kappa shape index (κ1) is 13.7. The van der Waals surface area contributed by atoms with Gasteiger partial charge in [0.05, 0.1) is 24.8 Å². The van der Waals surface area contributed by atoms with E-state index in [9.17, 15) is 4.79 Å². The number of nitrogens with zero attached hydrogens (tertiary/aromatic N) is 3. The first-order chi connectivity index (χ1) is 8.88. The molecule has 2 aromatic heterocycles. The summed E-state index contributed by atoms with van der Waals surface area (Å²) < 4.78 is 1.69. The van der Waals surface area contributed by atoms with Crippen LogP contribution in [-0.4, -0.2) is 20.4 Å². The zero-order valence-electron chi connectivity index (χ0n) is 11.6. The zero-order valence-corrected chi connectivity index (χ0v) is 12.4. The summed E-state index contributed by atoms with van der Waals surface area (Å²) in [6.45, 7) is 6.82. The molecule has 2 aromatic rings. The Morgan fingerprint density at radius 1 is 1.47 bits per heavy atom. The summed E-state index contributed by atoms with van der Waals surface area (Å²) in [5.74, 6) is -0.132. The number of aryl methyl sites for hydroxylation is 1. The third-order valence-corrected chi connectivity index (χ3v) is 3.62. The SMILES string of the molecule is Cn1cncc1C(=O)NCc1nc(C(C)(C)C)cs1. The molecule has 0 spiro atoms. The monoisotopic (exact) mass is 278 g/mol. The van der Waals surface area contributed by atoms with Crippen LogP contribution in [0, 0.1) is 0 Å². The fraction of sp³-hybridized carbons (Fsp3) is 0.462. The summed E-state index contributed by atoms with van der Waals surface area (Å²) in [4.78, 5) is 20.4. The van der Waals surface area contributed by atoms with Gasteiger partial charge in [-0.1, -0.05) is 20.8 Å². The molecule has 2 heterocycles. The summed E-state index contributed by atoms with van der Waals surface area (Å²) >= 11 is 1.57. The number of nitrogens with one attached hydrogen (secondary N) is 1. The molecule has 0 unspecified atom stereocenters. The summed E-state index contributed by atoms with van der Waals surface area (Å²) in [5, 5.41) is 5.82. The van der Waals surface area contributed by atoms with Crippen molar-refractivity contribution < 1.29 is 4.79 Å². The highest BCUT2D eigenvalue weighted by atomic mass is 32.1. The van der Waals surface area contributed by atoms with Crippen LogP contribution in [0.4, 0.5) is 0 Å². The van der Waals surface area contributed by atoms with Crippen molar-refractivity contribution in [3.63, 3.8) is 0 Å². The minimum absolute atomic E-state index is 0.0425. The molecule has 19 heavy (non-hydrogen) atoms. The number of hydrogen-bond acceptors (Lipinski definition) is 4. The van der Waals surface area contributed by atoms with Crippen LogP contribution < -0.4 is 5.32 Å². The van der Waals surface area contributed by atoms with Gasteiger partial charge in [0.15, 0.2) is 0 Å². The molecule has 5 nitrogen and oxygen atoms in total. The Balaban J connectivity index is 1.98. The second-order valence-electron chi connectivity index (χ2n) is 5.45. The molecule has 2 rings (SSSR count). The van der Waals surface area contributed by atoms with Crippen LogP contribution in [-0.2, 0) is 19.0 Å². The maximum absolute atomic E-state index is 11.9. The van der Waals surface area contributed by atoms with Gasteiger partial charge in [-0.05, 0) is 0 Å². The van der Waals surface area contributed by atoms with Crippen molar-refractivity contribution in [2.45, 2.75) is 32.7 Å². The summed E-state index contributed by atoms with van der Waals surface area (Å²) in [5.41, 5.74) is 1.65. The van der Waals surface area contributed by atoms with Crippen LogP contribution in [0.3, 0.4) is 0 Å². The highest BCUT2D eigenvalue weighted by molar-refractivity contribution is 7.09. The van der Waals surface area contributed by atoms with Crippen LogP contribution in [0.5, 0.6) is 0 Å². The van der Waals surface area contributed by atoms with E-state index in [2.05, 4.69) is 36.1 Å². The van der Waals surface area contributed by atoms with E-state index in [1.165, 1.54) is 0 Å². The first-order valence-corrected chi connectivity index (χ1v) is 6.95. The predicted octanol–water partition coefficient (Wildman–Crippen LogP) is 2.10. The highest BCUT2D eigenvalue weighted by Gasteiger charge is 2.17. The Morgan fingerprint density at radius 3 is 2.74 bits per heavy atom. The van der Waals surface area contributed by atoms with Crippen molar-refractivity contribution in [3.8, 4) is 0 Å². The van der Waals surface area contributed by atoms with Gasteiger partial charge in [0.1, 0.15) is 10.7 Å². The van der Waals surface area contributed by atoms with Gasteiger partial charge in [-0.25, -0.2) is 9.97 Å². The van der Waals surface area contributed by atoms with Gasteiger partial charge in [0.25, 0.3) is 5.91 Å². The molecule has 1 N–H and O–H groups in total. The number of hydrogen-bond donors (Lipinski definition) is 1. The van der Waals surface area contributed by atoms with Gasteiger partial charge in [-0.3, -0.25) is 4.79 Å². The molecule has 0 saturated heterocycles. The Morgan fingerprint density at radius 2 is 2.21 bits per heavy atom. The molecule has 0 aliphatic heterocycles. The van der Waals surface area contributed by atoms with Gasteiger partial charge in [0, 0.05) is 17.8 Å². The van der Waals surface area contributed by atoms with Crippen LogP contribution in [0.2, 0.25) is 0 Å². The first-order valence-electron chi connectivity index (χ1n) is 6.07. The molecular weight excluding hydrogens is 260 g/mol. The van der Waals surface area contributed by atoms with Crippen molar-refractivity contribution in [2.24, 2.45) is 7.05 Å². The second-order valence-corrected chi connectivity index (χ2v) is 6.39. The number of carbonyl (C=O) groups excluding carboxylic acids is 1. The van der Waals surface area contributed by atoms with Gasteiger partial charge in [0.2, 0.25) is 0 Å². The summed E-state index contributed by atoms with van der Waals surface area (Å²) in [6.07, 6.45) is 3.16. The van der Waals surface area contributed by atoms with Gasteiger partial charge in [-0.15, -0.1) is 11.3 Å². The van der Waals surface area contributed by atoms with Crippen LogP contribution in [0.1, 0.15) is 42.0 Å². The number of amides is 1. The van der Waals surface area contributed by atoms with E-state index < -0.39 is 0 Å². The Bertz CT molecular complexity index is 579. The molecule has 0 atom stereocenters. The van der Waals surface area contributed by atoms with E-state index in [0.29, 0.717) is 12.2 Å². The molecule has 0 saturated carbocycles. The summed E-state index contributed by atoms with van der Waals surface area (Å²) in [7, 11) is 1.79. The third kappa shape index (κ3) is 3.20. The Kier molecular flexibility index (Phi) is 3.71. The third-order valence-electron chi connectivity index (χ3n) is 2.77. The maximum Gasteiger partial charge on any atom is 0.269 e. The van der Waals surface area contributed by atoms with Crippen molar-refractivity contribution in [1.29, 1.82) is 0 Å². The molecule has 1 amide bonds. The largest absolute Gasteiger partial charge is 0.344 e. The average molecular weight is 278 g/mol. The second kappa shape index (κ2) is 5.13. The fourth-order valence-corrected chi connectivity index (χ4v) is 2.52. The van der Waals surface area contributed by atoms with Crippen molar-refractivity contribution in [3.05, 3.63) is 34.3 Å². The predicted molar refractivity (Wildman–Crippen MR) is 75.2 cm³/mol. The van der Waals surface area contributed by atoms with Crippen LogP contribution in [0.15, 0.2) is 17.9 Å². The van der Waals surface area contributed by atoms with Crippen molar-refractivity contribution in [1.82, 2.24) is 19.9 Å². The highest BCUT2D eigenvalue weighted by Crippen LogP contribution is 2.23. The van der Waals surface area contributed by atoms with Crippen molar-refractivity contribution >= 4 is 17.2 Å². The molecule has 6 heteroatoms. The lowest BCUT2D eigenvalue weighted by Crippen LogP contribution is -2.24. The van der Waals surface area contributed by atoms with Gasteiger partial charge < -0.3 is 9.88 Å². The molecule has 0 aliphatic rings. The number of imidazole rings is 1. The topological polar surface area (TPSA) is 59.8 Å². The van der Waals surface area contributed by atoms with E-state index in [1.807, 2.05) is 5.38 Å².